The van der Waals surface area contributed by atoms with Gasteiger partial charge in [0.25, 0.3) is 5.91 Å². The SMILES string of the molecule is CNC(=O)[C@H]1CCN(Cc2ccc(C(=O)Nc3cccc(OC)c3)cc2)C1. The van der Waals surface area contributed by atoms with Crippen molar-refractivity contribution in [3.05, 3.63) is 59.7 Å². The van der Waals surface area contributed by atoms with Gasteiger partial charge in [-0.2, -0.15) is 0 Å². The van der Waals surface area contributed by atoms with Crippen molar-refractivity contribution in [2.45, 2.75) is 13.0 Å². The molecule has 1 aliphatic heterocycles. The average Bonchev–Trinajstić information content (AvgIpc) is 3.16. The van der Waals surface area contributed by atoms with Gasteiger partial charge in [0.2, 0.25) is 5.91 Å². The molecule has 3 rings (SSSR count). The minimum atomic E-state index is -0.157. The van der Waals surface area contributed by atoms with E-state index in [9.17, 15) is 9.59 Å². The molecule has 6 heteroatoms. The first-order valence-electron chi connectivity index (χ1n) is 9.07. The number of carbonyl (C=O) groups is 2. The normalized spacial score (nSPS) is 16.7. The van der Waals surface area contributed by atoms with Crippen LogP contribution in [0.15, 0.2) is 48.5 Å². The van der Waals surface area contributed by atoms with Crippen molar-refractivity contribution < 1.29 is 14.3 Å². The van der Waals surface area contributed by atoms with Crippen LogP contribution in [-0.4, -0.2) is 44.0 Å². The first-order chi connectivity index (χ1) is 13.1. The summed E-state index contributed by atoms with van der Waals surface area (Å²) in [6, 6.07) is 14.9. The fourth-order valence-electron chi connectivity index (χ4n) is 3.32. The Morgan fingerprint density at radius 1 is 1.19 bits per heavy atom. The highest BCUT2D eigenvalue weighted by Crippen LogP contribution is 2.20. The van der Waals surface area contributed by atoms with Crippen molar-refractivity contribution in [2.75, 3.05) is 32.6 Å². The van der Waals surface area contributed by atoms with Crippen molar-refractivity contribution in [1.82, 2.24) is 10.2 Å². The third-order valence-electron chi connectivity index (χ3n) is 4.84. The molecule has 1 fully saturated rings. The lowest BCUT2D eigenvalue weighted by molar-refractivity contribution is -0.124. The molecular formula is C21H25N3O3. The van der Waals surface area contributed by atoms with Crippen LogP contribution < -0.4 is 15.4 Å². The largest absolute Gasteiger partial charge is 0.497 e. The number of carbonyl (C=O) groups excluding carboxylic acids is 2. The van der Waals surface area contributed by atoms with Crippen molar-refractivity contribution in [3.8, 4) is 5.75 Å². The maximum absolute atomic E-state index is 12.4. The number of nitrogens with zero attached hydrogens (tertiary/aromatic N) is 1. The Bertz CT molecular complexity index is 805. The second kappa shape index (κ2) is 8.68. The molecule has 0 bridgehead atoms. The van der Waals surface area contributed by atoms with E-state index in [4.69, 9.17) is 4.74 Å². The third-order valence-corrected chi connectivity index (χ3v) is 4.84. The van der Waals surface area contributed by atoms with Gasteiger partial charge < -0.3 is 15.4 Å². The molecule has 2 amide bonds. The van der Waals surface area contributed by atoms with Crippen LogP contribution in [0, 0.1) is 5.92 Å². The molecule has 0 aliphatic carbocycles. The Balaban J connectivity index is 1.57. The van der Waals surface area contributed by atoms with Crippen LogP contribution in [0.25, 0.3) is 0 Å². The summed E-state index contributed by atoms with van der Waals surface area (Å²) in [6.07, 6.45) is 0.890. The molecule has 0 aromatic heterocycles. The molecule has 0 radical (unpaired) electrons. The summed E-state index contributed by atoms with van der Waals surface area (Å²) in [4.78, 5) is 26.4. The fraction of sp³-hybridized carbons (Fsp3) is 0.333. The number of methoxy groups -OCH3 is 1. The van der Waals surface area contributed by atoms with E-state index < -0.39 is 0 Å². The van der Waals surface area contributed by atoms with Crippen molar-refractivity contribution in [2.24, 2.45) is 5.92 Å². The Hall–Kier alpha value is -2.86. The Morgan fingerprint density at radius 3 is 2.67 bits per heavy atom. The molecule has 1 heterocycles. The number of rotatable bonds is 6. The first kappa shape index (κ1) is 18.9. The minimum absolute atomic E-state index is 0.0721. The van der Waals surface area contributed by atoms with E-state index in [1.54, 1.807) is 20.2 Å². The monoisotopic (exact) mass is 367 g/mol. The number of hydrogen-bond acceptors (Lipinski definition) is 4. The molecule has 1 aliphatic rings. The van der Waals surface area contributed by atoms with Crippen LogP contribution >= 0.6 is 0 Å². The molecule has 0 spiro atoms. The molecule has 27 heavy (non-hydrogen) atoms. The molecule has 2 N–H and O–H groups in total. The van der Waals surface area contributed by atoms with Crippen molar-refractivity contribution in [3.63, 3.8) is 0 Å². The van der Waals surface area contributed by atoms with Gasteiger partial charge in [-0.05, 0) is 42.8 Å². The second-order valence-corrected chi connectivity index (χ2v) is 6.72. The van der Waals surface area contributed by atoms with Crippen LogP contribution in [0.3, 0.4) is 0 Å². The van der Waals surface area contributed by atoms with Gasteiger partial charge in [-0.25, -0.2) is 0 Å². The summed E-state index contributed by atoms with van der Waals surface area (Å²) < 4.78 is 5.17. The highest BCUT2D eigenvalue weighted by Gasteiger charge is 2.27. The lowest BCUT2D eigenvalue weighted by atomic mass is 10.1. The van der Waals surface area contributed by atoms with Gasteiger partial charge in [-0.15, -0.1) is 0 Å². The molecule has 2 aromatic carbocycles. The Morgan fingerprint density at radius 2 is 1.96 bits per heavy atom. The van der Waals surface area contributed by atoms with Crippen LogP contribution in [0.4, 0.5) is 5.69 Å². The summed E-state index contributed by atoms with van der Waals surface area (Å²) in [7, 11) is 3.27. The number of anilines is 1. The van der Waals surface area contributed by atoms with Crippen molar-refractivity contribution in [1.29, 1.82) is 0 Å². The fourth-order valence-corrected chi connectivity index (χ4v) is 3.32. The van der Waals surface area contributed by atoms with E-state index in [0.717, 1.165) is 31.6 Å². The maximum atomic E-state index is 12.4. The topological polar surface area (TPSA) is 70.7 Å². The quantitative estimate of drug-likeness (QED) is 0.823. The summed E-state index contributed by atoms with van der Waals surface area (Å²) in [5, 5.41) is 5.60. The molecular weight excluding hydrogens is 342 g/mol. The predicted molar refractivity (Wildman–Crippen MR) is 105 cm³/mol. The zero-order chi connectivity index (χ0) is 19.2. The van der Waals surface area contributed by atoms with E-state index in [1.807, 2.05) is 42.5 Å². The van der Waals surface area contributed by atoms with E-state index in [2.05, 4.69) is 15.5 Å². The first-order valence-corrected chi connectivity index (χ1v) is 9.07. The molecule has 0 saturated carbocycles. The predicted octanol–water partition coefficient (Wildman–Crippen LogP) is 2.52. The number of hydrogen-bond donors (Lipinski definition) is 2. The standard InChI is InChI=1S/C21H25N3O3/c1-22-20(25)17-10-11-24(14-17)13-15-6-8-16(9-7-15)21(26)23-18-4-3-5-19(12-18)27-2/h3-9,12,17H,10-11,13-14H2,1-2H3,(H,22,25)(H,23,26)/t17-/m0/s1. The average molecular weight is 367 g/mol. The van der Waals surface area contributed by atoms with Crippen molar-refractivity contribution >= 4 is 17.5 Å². The summed E-state index contributed by atoms with van der Waals surface area (Å²) >= 11 is 0. The van der Waals surface area contributed by atoms with Gasteiger partial charge in [0.05, 0.1) is 13.0 Å². The number of nitrogens with one attached hydrogen (secondary N) is 2. The van der Waals surface area contributed by atoms with Gasteiger partial charge in [0.15, 0.2) is 0 Å². The highest BCUT2D eigenvalue weighted by molar-refractivity contribution is 6.04. The number of benzene rings is 2. The zero-order valence-electron chi connectivity index (χ0n) is 15.7. The van der Waals surface area contributed by atoms with Crippen LogP contribution in [0.1, 0.15) is 22.3 Å². The highest BCUT2D eigenvalue weighted by atomic mass is 16.5. The zero-order valence-corrected chi connectivity index (χ0v) is 15.7. The Kier molecular flexibility index (Phi) is 6.08. The summed E-state index contributed by atoms with van der Waals surface area (Å²) in [6.45, 7) is 2.47. The van der Waals surface area contributed by atoms with Gasteiger partial charge in [-0.3, -0.25) is 14.5 Å². The van der Waals surface area contributed by atoms with Gasteiger partial charge in [0.1, 0.15) is 5.75 Å². The molecule has 1 atom stereocenters. The van der Waals surface area contributed by atoms with Gasteiger partial charge >= 0.3 is 0 Å². The molecule has 0 unspecified atom stereocenters. The maximum Gasteiger partial charge on any atom is 0.255 e. The summed E-state index contributed by atoms with van der Waals surface area (Å²) in [5.74, 6) is 0.726. The number of amides is 2. The Labute approximate surface area is 159 Å². The van der Waals surface area contributed by atoms with E-state index in [0.29, 0.717) is 17.0 Å². The smallest absolute Gasteiger partial charge is 0.255 e. The second-order valence-electron chi connectivity index (χ2n) is 6.72. The van der Waals surface area contributed by atoms with E-state index in [1.165, 1.54) is 0 Å². The molecule has 1 saturated heterocycles. The third kappa shape index (κ3) is 4.86. The van der Waals surface area contributed by atoms with Crippen LogP contribution in [0.5, 0.6) is 5.75 Å². The number of likely N-dealkylation sites (tertiary alicyclic amines) is 1. The minimum Gasteiger partial charge on any atom is -0.497 e. The lowest BCUT2D eigenvalue weighted by Gasteiger charge is -2.16. The molecule has 2 aromatic rings. The van der Waals surface area contributed by atoms with E-state index in [-0.39, 0.29) is 17.7 Å². The van der Waals surface area contributed by atoms with Crippen LogP contribution in [-0.2, 0) is 11.3 Å². The van der Waals surface area contributed by atoms with Gasteiger partial charge in [0, 0.05) is 37.5 Å². The summed E-state index contributed by atoms with van der Waals surface area (Å²) in [5.41, 5.74) is 2.43. The molecule has 6 nitrogen and oxygen atoms in total. The lowest BCUT2D eigenvalue weighted by Crippen LogP contribution is -2.30. The van der Waals surface area contributed by atoms with Crippen LogP contribution in [0.2, 0.25) is 0 Å². The van der Waals surface area contributed by atoms with Gasteiger partial charge in [-0.1, -0.05) is 18.2 Å². The number of ether oxygens (including phenoxy) is 1. The molecule has 142 valence electrons. The van der Waals surface area contributed by atoms with E-state index >= 15 is 0 Å².